The molecule has 1 atom stereocenters. The third-order valence-electron chi connectivity index (χ3n) is 3.88. The molecule has 4 rings (SSSR count). The van der Waals surface area contributed by atoms with E-state index < -0.39 is 5.97 Å². The molecule has 1 aromatic carbocycles. The molecule has 0 saturated heterocycles. The van der Waals surface area contributed by atoms with E-state index in [0.29, 0.717) is 10.8 Å². The Bertz CT molecular complexity index is 852. The van der Waals surface area contributed by atoms with Crippen molar-refractivity contribution in [1.82, 2.24) is 9.38 Å². The number of carbonyl (C=O) groups is 1. The summed E-state index contributed by atoms with van der Waals surface area (Å²) in [6.45, 7) is 2.10. The van der Waals surface area contributed by atoms with Crippen molar-refractivity contribution >= 4 is 33.8 Å². The second kappa shape index (κ2) is 4.33. The molecule has 0 spiro atoms. The minimum Gasteiger partial charge on any atom is -0.476 e. The number of anilines is 2. The fraction of sp³-hybridized carbons (Fsp3) is 0.200. The highest BCUT2D eigenvalue weighted by molar-refractivity contribution is 7.15. The maximum Gasteiger partial charge on any atom is 0.356 e. The Morgan fingerprint density at radius 1 is 1.43 bits per heavy atom. The van der Waals surface area contributed by atoms with Gasteiger partial charge < -0.3 is 10.0 Å². The number of thiazole rings is 1. The molecular weight excluding hydrogens is 286 g/mol. The van der Waals surface area contributed by atoms with Gasteiger partial charge in [0.15, 0.2) is 16.5 Å². The molecule has 0 radical (unpaired) electrons. The summed E-state index contributed by atoms with van der Waals surface area (Å²) in [6.07, 6.45) is 2.66. The highest BCUT2D eigenvalue weighted by Crippen LogP contribution is 2.39. The van der Waals surface area contributed by atoms with Crippen molar-refractivity contribution in [2.75, 3.05) is 4.90 Å². The number of aromatic carboxylic acids is 1. The van der Waals surface area contributed by atoms with Crippen LogP contribution in [0.3, 0.4) is 0 Å². The van der Waals surface area contributed by atoms with Crippen LogP contribution in [0.2, 0.25) is 0 Å². The molecule has 0 amide bonds. The Morgan fingerprint density at radius 2 is 2.24 bits per heavy atom. The zero-order valence-corrected chi connectivity index (χ0v) is 12.2. The van der Waals surface area contributed by atoms with Crippen LogP contribution in [0.5, 0.6) is 0 Å². The summed E-state index contributed by atoms with van der Waals surface area (Å²) >= 11 is 1.44. The van der Waals surface area contributed by atoms with E-state index in [2.05, 4.69) is 18.0 Å². The molecular formula is C15H13N3O2S. The van der Waals surface area contributed by atoms with E-state index in [0.717, 1.165) is 12.1 Å². The number of imidazole rings is 1. The van der Waals surface area contributed by atoms with Crippen molar-refractivity contribution in [2.24, 2.45) is 0 Å². The number of benzene rings is 1. The summed E-state index contributed by atoms with van der Waals surface area (Å²) in [5.74, 6) is -0.417. The van der Waals surface area contributed by atoms with Gasteiger partial charge in [0.1, 0.15) is 0 Å². The molecule has 3 aromatic rings. The number of carboxylic acids is 1. The molecule has 0 saturated carbocycles. The number of fused-ring (bicyclic) bond motifs is 2. The van der Waals surface area contributed by atoms with Gasteiger partial charge in [0.05, 0.1) is 0 Å². The number of para-hydroxylation sites is 1. The van der Waals surface area contributed by atoms with Crippen molar-refractivity contribution in [3.8, 4) is 0 Å². The number of carboxylic acid groups (broad SMARTS) is 1. The maximum absolute atomic E-state index is 11.7. The molecule has 1 aliphatic heterocycles. The van der Waals surface area contributed by atoms with E-state index in [-0.39, 0.29) is 11.7 Å². The van der Waals surface area contributed by atoms with E-state index in [1.165, 1.54) is 16.9 Å². The SMILES string of the molecule is CC1Cc2ccccc2N1c1nc2sccn2c1C(=O)O. The van der Waals surface area contributed by atoms with Gasteiger partial charge in [0, 0.05) is 23.3 Å². The first kappa shape index (κ1) is 12.4. The zero-order valence-electron chi connectivity index (χ0n) is 11.4. The van der Waals surface area contributed by atoms with Crippen LogP contribution in [0.15, 0.2) is 35.8 Å². The minimum absolute atomic E-state index is 0.199. The topological polar surface area (TPSA) is 57.8 Å². The van der Waals surface area contributed by atoms with E-state index >= 15 is 0 Å². The van der Waals surface area contributed by atoms with Gasteiger partial charge in [0.25, 0.3) is 0 Å². The van der Waals surface area contributed by atoms with E-state index in [1.54, 1.807) is 10.6 Å². The van der Waals surface area contributed by atoms with E-state index in [1.807, 2.05) is 28.5 Å². The van der Waals surface area contributed by atoms with Crippen LogP contribution in [0.1, 0.15) is 23.0 Å². The number of rotatable bonds is 2. The lowest BCUT2D eigenvalue weighted by atomic mass is 10.1. The average molecular weight is 299 g/mol. The molecule has 3 heterocycles. The van der Waals surface area contributed by atoms with Gasteiger partial charge in [-0.3, -0.25) is 4.40 Å². The third-order valence-corrected chi connectivity index (χ3v) is 4.64. The Kier molecular flexibility index (Phi) is 2.56. The molecule has 0 aliphatic carbocycles. The van der Waals surface area contributed by atoms with E-state index in [9.17, 15) is 9.90 Å². The second-order valence-corrected chi connectivity index (χ2v) is 6.07. The zero-order chi connectivity index (χ0) is 14.6. The molecule has 5 nitrogen and oxygen atoms in total. The average Bonchev–Trinajstić information content (AvgIpc) is 3.07. The molecule has 1 aliphatic rings. The summed E-state index contributed by atoms with van der Waals surface area (Å²) in [6, 6.07) is 8.30. The minimum atomic E-state index is -0.951. The van der Waals surface area contributed by atoms with Crippen LogP contribution in [0.4, 0.5) is 11.5 Å². The molecule has 0 bridgehead atoms. The van der Waals surface area contributed by atoms with Crippen molar-refractivity contribution in [3.05, 3.63) is 47.1 Å². The second-order valence-electron chi connectivity index (χ2n) is 5.20. The predicted octanol–water partition coefficient (Wildman–Crippen LogP) is 3.18. The summed E-state index contributed by atoms with van der Waals surface area (Å²) in [7, 11) is 0. The van der Waals surface area contributed by atoms with Gasteiger partial charge in [-0.2, -0.15) is 0 Å². The van der Waals surface area contributed by atoms with Crippen molar-refractivity contribution in [3.63, 3.8) is 0 Å². The summed E-state index contributed by atoms with van der Waals surface area (Å²) < 4.78 is 1.65. The molecule has 21 heavy (non-hydrogen) atoms. The first-order valence-electron chi connectivity index (χ1n) is 6.73. The van der Waals surface area contributed by atoms with Gasteiger partial charge in [-0.15, -0.1) is 11.3 Å². The highest BCUT2D eigenvalue weighted by Gasteiger charge is 2.33. The third kappa shape index (κ3) is 1.69. The van der Waals surface area contributed by atoms with Crippen molar-refractivity contribution in [2.45, 2.75) is 19.4 Å². The molecule has 6 heteroatoms. The quantitative estimate of drug-likeness (QED) is 0.789. The normalized spacial score (nSPS) is 17.4. The monoisotopic (exact) mass is 299 g/mol. The number of hydrogen-bond acceptors (Lipinski definition) is 4. The number of aromatic nitrogens is 2. The molecule has 1 N–H and O–H groups in total. The molecule has 2 aromatic heterocycles. The molecule has 0 fully saturated rings. The summed E-state index contributed by atoms with van der Waals surface area (Å²) in [4.78, 5) is 19.0. The first-order chi connectivity index (χ1) is 10.2. The highest BCUT2D eigenvalue weighted by atomic mass is 32.1. The largest absolute Gasteiger partial charge is 0.476 e. The van der Waals surface area contributed by atoms with Crippen molar-refractivity contribution in [1.29, 1.82) is 0 Å². The Balaban J connectivity index is 1.96. The fourth-order valence-corrected chi connectivity index (χ4v) is 3.74. The summed E-state index contributed by atoms with van der Waals surface area (Å²) in [5, 5.41) is 11.4. The lowest BCUT2D eigenvalue weighted by Crippen LogP contribution is -2.26. The molecule has 1 unspecified atom stereocenters. The van der Waals surface area contributed by atoms with Gasteiger partial charge >= 0.3 is 5.97 Å². The van der Waals surface area contributed by atoms with Gasteiger partial charge in [0.2, 0.25) is 0 Å². The Hall–Kier alpha value is -2.34. The molecule has 106 valence electrons. The number of hydrogen-bond donors (Lipinski definition) is 1. The van der Waals surface area contributed by atoms with Gasteiger partial charge in [-0.05, 0) is 25.0 Å². The number of nitrogens with zero attached hydrogens (tertiary/aromatic N) is 3. The summed E-state index contributed by atoms with van der Waals surface area (Å²) in [5.41, 5.74) is 2.52. The maximum atomic E-state index is 11.7. The standard InChI is InChI=1S/C15H13N3O2S/c1-9-8-10-4-2-3-5-11(10)18(9)13-12(14(19)20)17-6-7-21-15(17)16-13/h2-7,9H,8H2,1H3,(H,19,20). The van der Waals surface area contributed by atoms with Gasteiger partial charge in [-0.1, -0.05) is 18.2 Å². The van der Waals surface area contributed by atoms with Crippen LogP contribution in [-0.4, -0.2) is 26.5 Å². The smallest absolute Gasteiger partial charge is 0.356 e. The van der Waals surface area contributed by atoms with Crippen LogP contribution in [0, 0.1) is 0 Å². The Labute approximate surface area is 125 Å². The van der Waals surface area contributed by atoms with Crippen LogP contribution in [0.25, 0.3) is 4.96 Å². The van der Waals surface area contributed by atoms with Crippen LogP contribution < -0.4 is 4.90 Å². The lowest BCUT2D eigenvalue weighted by molar-refractivity contribution is 0.0690. The lowest BCUT2D eigenvalue weighted by Gasteiger charge is -2.23. The Morgan fingerprint density at radius 3 is 3.05 bits per heavy atom. The van der Waals surface area contributed by atoms with E-state index in [4.69, 9.17) is 0 Å². The van der Waals surface area contributed by atoms with Crippen LogP contribution >= 0.6 is 11.3 Å². The van der Waals surface area contributed by atoms with Crippen molar-refractivity contribution < 1.29 is 9.90 Å². The fourth-order valence-electron chi connectivity index (χ4n) is 3.03. The van der Waals surface area contributed by atoms with Crippen LogP contribution in [-0.2, 0) is 6.42 Å². The first-order valence-corrected chi connectivity index (χ1v) is 7.61. The van der Waals surface area contributed by atoms with Gasteiger partial charge in [-0.25, -0.2) is 9.78 Å². The predicted molar refractivity (Wildman–Crippen MR) is 81.8 cm³/mol.